The Balaban J connectivity index is 1.34. The van der Waals surface area contributed by atoms with Crippen LogP contribution in [0.4, 0.5) is 5.69 Å². The molecule has 0 saturated heterocycles. The maximum atomic E-state index is 12.8. The van der Waals surface area contributed by atoms with E-state index in [0.29, 0.717) is 22.6 Å². The minimum Gasteiger partial charge on any atom is -0.497 e. The van der Waals surface area contributed by atoms with Crippen LogP contribution in [0, 0.1) is 0 Å². The van der Waals surface area contributed by atoms with Gasteiger partial charge >= 0.3 is 17.8 Å². The number of nitrogens with zero attached hydrogens (tertiary/aromatic N) is 1. The maximum absolute atomic E-state index is 12.8. The van der Waals surface area contributed by atoms with Gasteiger partial charge in [0.2, 0.25) is 0 Å². The molecule has 5 aromatic rings. The minimum atomic E-state index is -0.948. The number of methoxy groups -OCH3 is 1. The summed E-state index contributed by atoms with van der Waals surface area (Å²) in [5, 5.41) is 9.98. The maximum Gasteiger partial charge on any atom is 0.343 e. The van der Waals surface area contributed by atoms with Crippen molar-refractivity contribution >= 4 is 51.2 Å². The lowest BCUT2D eigenvalue weighted by molar-refractivity contribution is -0.136. The summed E-state index contributed by atoms with van der Waals surface area (Å²) in [4.78, 5) is 37.9. The molecular formula is C31H23N3O5. The molecular weight excluding hydrogens is 494 g/mol. The molecule has 0 spiro atoms. The number of anilines is 1. The van der Waals surface area contributed by atoms with E-state index in [0.717, 1.165) is 21.5 Å². The summed E-state index contributed by atoms with van der Waals surface area (Å²) in [6.45, 7) is 0. The van der Waals surface area contributed by atoms with Crippen LogP contribution >= 0.6 is 0 Å². The van der Waals surface area contributed by atoms with Crippen molar-refractivity contribution < 1.29 is 23.9 Å². The number of hydrazone groups is 1. The Bertz CT molecular complexity index is 1720. The number of ether oxygens (including phenoxy) is 2. The molecule has 2 amide bonds. The van der Waals surface area contributed by atoms with Gasteiger partial charge in [-0.1, -0.05) is 66.7 Å². The van der Waals surface area contributed by atoms with Gasteiger partial charge in [0.25, 0.3) is 0 Å². The van der Waals surface area contributed by atoms with E-state index in [4.69, 9.17) is 9.47 Å². The highest BCUT2D eigenvalue weighted by Crippen LogP contribution is 2.28. The van der Waals surface area contributed by atoms with E-state index in [1.165, 1.54) is 6.21 Å². The van der Waals surface area contributed by atoms with E-state index in [1.54, 1.807) is 49.6 Å². The fourth-order valence-corrected chi connectivity index (χ4v) is 4.10. The second kappa shape index (κ2) is 11.3. The molecule has 39 heavy (non-hydrogen) atoms. The summed E-state index contributed by atoms with van der Waals surface area (Å²) < 4.78 is 10.8. The molecule has 5 rings (SSSR count). The van der Waals surface area contributed by atoms with E-state index in [9.17, 15) is 14.4 Å². The van der Waals surface area contributed by atoms with Crippen molar-refractivity contribution in [3.8, 4) is 11.5 Å². The lowest BCUT2D eigenvalue weighted by Gasteiger charge is -2.11. The summed E-state index contributed by atoms with van der Waals surface area (Å²) in [6, 6.07) is 30.4. The summed E-state index contributed by atoms with van der Waals surface area (Å²) in [7, 11) is 1.54. The van der Waals surface area contributed by atoms with Gasteiger partial charge in [-0.15, -0.1) is 0 Å². The lowest BCUT2D eigenvalue weighted by Crippen LogP contribution is -2.32. The Kier molecular flexibility index (Phi) is 7.27. The van der Waals surface area contributed by atoms with Crippen molar-refractivity contribution in [2.75, 3.05) is 12.4 Å². The number of hydrogen-bond donors (Lipinski definition) is 2. The summed E-state index contributed by atoms with van der Waals surface area (Å²) in [5.74, 6) is -1.53. The molecule has 0 fully saturated rings. The first-order valence-corrected chi connectivity index (χ1v) is 12.0. The molecule has 0 aliphatic rings. The van der Waals surface area contributed by atoms with Gasteiger partial charge in [-0.05, 0) is 52.6 Å². The smallest absolute Gasteiger partial charge is 0.343 e. The van der Waals surface area contributed by atoms with Gasteiger partial charge in [-0.25, -0.2) is 10.2 Å². The van der Waals surface area contributed by atoms with Crippen LogP contribution in [0.2, 0.25) is 0 Å². The van der Waals surface area contributed by atoms with Gasteiger partial charge in [-0.2, -0.15) is 5.10 Å². The number of fused-ring (bicyclic) bond motifs is 2. The van der Waals surface area contributed by atoms with Crippen LogP contribution in [0.25, 0.3) is 21.5 Å². The van der Waals surface area contributed by atoms with Crippen molar-refractivity contribution in [3.63, 3.8) is 0 Å². The Labute approximate surface area is 223 Å². The Morgan fingerprint density at radius 3 is 2.13 bits per heavy atom. The molecule has 0 aliphatic heterocycles. The predicted octanol–water partition coefficient (Wildman–Crippen LogP) is 5.31. The normalized spacial score (nSPS) is 10.9. The Morgan fingerprint density at radius 1 is 0.718 bits per heavy atom. The molecule has 8 heteroatoms. The largest absolute Gasteiger partial charge is 0.497 e. The van der Waals surface area contributed by atoms with Crippen molar-refractivity contribution in [1.82, 2.24) is 5.43 Å². The van der Waals surface area contributed by atoms with Crippen molar-refractivity contribution in [3.05, 3.63) is 114 Å². The van der Waals surface area contributed by atoms with Gasteiger partial charge in [0.15, 0.2) is 0 Å². The summed E-state index contributed by atoms with van der Waals surface area (Å²) in [5.41, 5.74) is 3.57. The fraction of sp³-hybridized carbons (Fsp3) is 0.0323. The van der Waals surface area contributed by atoms with Gasteiger partial charge in [-0.3, -0.25) is 9.59 Å². The molecule has 0 saturated carbocycles. The monoisotopic (exact) mass is 517 g/mol. The first-order valence-electron chi connectivity index (χ1n) is 12.0. The average Bonchev–Trinajstić information content (AvgIpc) is 2.98. The Hall–Kier alpha value is -5.50. The molecule has 0 aliphatic carbocycles. The SMILES string of the molecule is COc1ccc(C(=O)Oc2ccc3ccccc3c2C=NNC(=O)C(=O)Nc2cccc3ccccc23)cc1. The first kappa shape index (κ1) is 25.2. The van der Waals surface area contributed by atoms with Crippen LogP contribution in [0.5, 0.6) is 11.5 Å². The number of benzene rings is 5. The molecule has 2 N–H and O–H groups in total. The lowest BCUT2D eigenvalue weighted by atomic mass is 10.0. The summed E-state index contributed by atoms with van der Waals surface area (Å²) in [6.07, 6.45) is 1.35. The molecule has 5 aromatic carbocycles. The first-order chi connectivity index (χ1) is 19.0. The van der Waals surface area contributed by atoms with Gasteiger partial charge in [0, 0.05) is 16.6 Å². The molecule has 0 unspecified atom stereocenters. The zero-order valence-corrected chi connectivity index (χ0v) is 20.9. The molecule has 192 valence electrons. The minimum absolute atomic E-state index is 0.243. The molecule has 0 radical (unpaired) electrons. The predicted molar refractivity (Wildman–Crippen MR) is 150 cm³/mol. The van der Waals surface area contributed by atoms with E-state index in [2.05, 4.69) is 15.8 Å². The van der Waals surface area contributed by atoms with Crippen LogP contribution < -0.4 is 20.2 Å². The fourth-order valence-electron chi connectivity index (χ4n) is 4.10. The van der Waals surface area contributed by atoms with Crippen molar-refractivity contribution in [2.45, 2.75) is 0 Å². The standard InChI is InChI=1S/C31H23N3O5/c1-38-23-16-13-22(14-17-23)31(37)39-28-18-15-21-8-2-4-10-24(21)26(28)19-32-34-30(36)29(35)33-27-12-6-9-20-7-3-5-11-25(20)27/h2-19H,1H3,(H,33,35)(H,34,36). The highest BCUT2D eigenvalue weighted by molar-refractivity contribution is 6.40. The third-order valence-electron chi connectivity index (χ3n) is 6.06. The van der Waals surface area contributed by atoms with Gasteiger partial charge in [0.1, 0.15) is 11.5 Å². The van der Waals surface area contributed by atoms with Gasteiger partial charge < -0.3 is 14.8 Å². The second-order valence-electron chi connectivity index (χ2n) is 8.50. The van der Waals surface area contributed by atoms with Crippen LogP contribution in [0.1, 0.15) is 15.9 Å². The van der Waals surface area contributed by atoms with E-state index >= 15 is 0 Å². The quantitative estimate of drug-likeness (QED) is 0.104. The number of amides is 2. The molecule has 8 nitrogen and oxygen atoms in total. The Morgan fingerprint density at radius 2 is 1.38 bits per heavy atom. The average molecular weight is 518 g/mol. The van der Waals surface area contributed by atoms with Crippen molar-refractivity contribution in [1.29, 1.82) is 0 Å². The highest BCUT2D eigenvalue weighted by atomic mass is 16.5. The third-order valence-corrected chi connectivity index (χ3v) is 6.06. The number of rotatable bonds is 6. The van der Waals surface area contributed by atoms with E-state index in [1.807, 2.05) is 60.7 Å². The topological polar surface area (TPSA) is 106 Å². The number of carbonyl (C=O) groups is 3. The zero-order valence-electron chi connectivity index (χ0n) is 20.9. The second-order valence-corrected chi connectivity index (χ2v) is 8.50. The third kappa shape index (κ3) is 5.60. The van der Waals surface area contributed by atoms with Crippen LogP contribution in [-0.2, 0) is 9.59 Å². The molecule has 0 aromatic heterocycles. The number of nitrogens with one attached hydrogen (secondary N) is 2. The molecule has 0 heterocycles. The molecule has 0 atom stereocenters. The van der Waals surface area contributed by atoms with E-state index in [-0.39, 0.29) is 5.75 Å². The highest BCUT2D eigenvalue weighted by Gasteiger charge is 2.16. The van der Waals surface area contributed by atoms with E-state index < -0.39 is 17.8 Å². The number of carbonyl (C=O) groups excluding carboxylic acids is 3. The zero-order chi connectivity index (χ0) is 27.2. The van der Waals surface area contributed by atoms with Crippen LogP contribution in [0.3, 0.4) is 0 Å². The van der Waals surface area contributed by atoms with Crippen molar-refractivity contribution in [2.24, 2.45) is 5.10 Å². The van der Waals surface area contributed by atoms with Crippen LogP contribution in [-0.4, -0.2) is 31.1 Å². The number of esters is 1. The van der Waals surface area contributed by atoms with Gasteiger partial charge in [0.05, 0.1) is 18.9 Å². The summed E-state index contributed by atoms with van der Waals surface area (Å²) >= 11 is 0. The molecule has 0 bridgehead atoms. The van der Waals surface area contributed by atoms with Crippen LogP contribution in [0.15, 0.2) is 108 Å². The number of hydrogen-bond acceptors (Lipinski definition) is 6.